The summed E-state index contributed by atoms with van der Waals surface area (Å²) in [7, 11) is 6.68. The Bertz CT molecular complexity index is 453. The lowest BCUT2D eigenvalue weighted by Crippen LogP contribution is -2.42. The molecule has 0 unspecified atom stereocenters. The minimum atomic E-state index is 0.302. The van der Waals surface area contributed by atoms with Gasteiger partial charge in [0.2, 0.25) is 5.75 Å². The van der Waals surface area contributed by atoms with Crippen LogP contribution in [0.4, 0.5) is 0 Å². The van der Waals surface area contributed by atoms with E-state index < -0.39 is 0 Å². The summed E-state index contributed by atoms with van der Waals surface area (Å²) in [6, 6.07) is 4.37. The van der Waals surface area contributed by atoms with E-state index in [-0.39, 0.29) is 0 Å². The fourth-order valence-electron chi connectivity index (χ4n) is 3.10. The molecule has 22 heavy (non-hydrogen) atoms. The molecule has 1 fully saturated rings. The average Bonchev–Trinajstić information content (AvgIpc) is 2.58. The third-order valence-corrected chi connectivity index (χ3v) is 4.30. The van der Waals surface area contributed by atoms with Crippen molar-refractivity contribution < 1.29 is 18.9 Å². The van der Waals surface area contributed by atoms with Gasteiger partial charge in [0.05, 0.1) is 27.4 Å². The molecule has 1 saturated carbocycles. The van der Waals surface area contributed by atoms with Gasteiger partial charge in [0.25, 0.3) is 0 Å². The fraction of sp³-hybridized carbons (Fsp3) is 0.647. The van der Waals surface area contributed by atoms with Crippen molar-refractivity contribution in [2.24, 2.45) is 0 Å². The van der Waals surface area contributed by atoms with Gasteiger partial charge >= 0.3 is 0 Å². The lowest BCUT2D eigenvalue weighted by Gasteiger charge is -2.31. The quantitative estimate of drug-likeness (QED) is 0.839. The minimum Gasteiger partial charge on any atom is -0.493 e. The summed E-state index contributed by atoms with van der Waals surface area (Å²) in [5.74, 6) is 2.00. The zero-order chi connectivity index (χ0) is 15.9. The van der Waals surface area contributed by atoms with Crippen molar-refractivity contribution in [1.82, 2.24) is 5.32 Å². The van der Waals surface area contributed by atoms with Crippen LogP contribution in [-0.4, -0.2) is 40.6 Å². The van der Waals surface area contributed by atoms with Crippen molar-refractivity contribution >= 4 is 0 Å². The molecule has 1 N–H and O–H groups in total. The van der Waals surface area contributed by atoms with E-state index in [0.717, 1.165) is 24.9 Å². The molecule has 2 atom stereocenters. The Kier molecular flexibility index (Phi) is 6.34. The largest absolute Gasteiger partial charge is 0.493 e. The molecule has 0 aliphatic heterocycles. The molecule has 0 saturated heterocycles. The molecule has 1 aromatic rings. The number of benzene rings is 1. The van der Waals surface area contributed by atoms with Crippen LogP contribution in [0.5, 0.6) is 17.2 Å². The smallest absolute Gasteiger partial charge is 0.203 e. The molecule has 1 aliphatic rings. The second kappa shape index (κ2) is 8.25. The zero-order valence-corrected chi connectivity index (χ0v) is 14.0. The van der Waals surface area contributed by atoms with E-state index in [4.69, 9.17) is 18.9 Å². The van der Waals surface area contributed by atoms with Crippen LogP contribution in [0.25, 0.3) is 0 Å². The van der Waals surface area contributed by atoms with Gasteiger partial charge in [-0.05, 0) is 30.5 Å². The van der Waals surface area contributed by atoms with E-state index >= 15 is 0 Å². The summed E-state index contributed by atoms with van der Waals surface area (Å²) in [5, 5.41) is 3.60. The summed E-state index contributed by atoms with van der Waals surface area (Å²) in [5.41, 5.74) is 1.11. The molecule has 5 heteroatoms. The molecule has 0 bridgehead atoms. The Morgan fingerprint density at radius 3 is 2.14 bits per heavy atom. The van der Waals surface area contributed by atoms with Crippen LogP contribution in [0, 0.1) is 0 Å². The van der Waals surface area contributed by atoms with Crippen LogP contribution in [-0.2, 0) is 11.3 Å². The highest BCUT2D eigenvalue weighted by Gasteiger charge is 2.24. The Morgan fingerprint density at radius 2 is 1.59 bits per heavy atom. The number of rotatable bonds is 7. The van der Waals surface area contributed by atoms with Crippen LogP contribution >= 0.6 is 0 Å². The molecule has 0 aromatic heterocycles. The Hall–Kier alpha value is -1.46. The van der Waals surface area contributed by atoms with E-state index in [1.165, 1.54) is 12.8 Å². The Balaban J connectivity index is 2.09. The van der Waals surface area contributed by atoms with Gasteiger partial charge in [-0.3, -0.25) is 0 Å². The van der Waals surface area contributed by atoms with Crippen LogP contribution in [0.15, 0.2) is 12.1 Å². The first-order valence-electron chi connectivity index (χ1n) is 7.78. The van der Waals surface area contributed by atoms with Crippen molar-refractivity contribution in [3.63, 3.8) is 0 Å². The van der Waals surface area contributed by atoms with E-state index in [0.29, 0.717) is 29.4 Å². The van der Waals surface area contributed by atoms with Crippen LogP contribution in [0.2, 0.25) is 0 Å². The van der Waals surface area contributed by atoms with Crippen LogP contribution < -0.4 is 19.5 Å². The number of ether oxygens (including phenoxy) is 4. The Labute approximate surface area is 132 Å². The number of hydrogen-bond acceptors (Lipinski definition) is 5. The summed E-state index contributed by atoms with van der Waals surface area (Å²) in [6.07, 6.45) is 5.09. The predicted molar refractivity (Wildman–Crippen MR) is 86.0 cm³/mol. The van der Waals surface area contributed by atoms with E-state index in [2.05, 4.69) is 5.32 Å². The van der Waals surface area contributed by atoms with Gasteiger partial charge in [0.15, 0.2) is 11.5 Å². The maximum Gasteiger partial charge on any atom is 0.203 e. The lowest BCUT2D eigenvalue weighted by molar-refractivity contribution is 0.0413. The first kappa shape index (κ1) is 16.9. The summed E-state index contributed by atoms with van der Waals surface area (Å²) < 4.78 is 21.7. The molecular formula is C17H27NO4. The molecule has 0 radical (unpaired) electrons. The fourth-order valence-corrected chi connectivity index (χ4v) is 3.10. The molecule has 0 amide bonds. The van der Waals surface area contributed by atoms with Gasteiger partial charge < -0.3 is 24.3 Å². The minimum absolute atomic E-state index is 0.302. The monoisotopic (exact) mass is 309 g/mol. The summed E-state index contributed by atoms with van der Waals surface area (Å²) in [6.45, 7) is 0.751. The van der Waals surface area contributed by atoms with E-state index in [9.17, 15) is 0 Å². The normalized spacial score (nSPS) is 21.5. The van der Waals surface area contributed by atoms with Gasteiger partial charge in [-0.2, -0.15) is 0 Å². The van der Waals surface area contributed by atoms with Crippen LogP contribution in [0.3, 0.4) is 0 Å². The van der Waals surface area contributed by atoms with Crippen molar-refractivity contribution in [3.05, 3.63) is 17.7 Å². The predicted octanol–water partition coefficient (Wildman–Crippen LogP) is 2.76. The maximum atomic E-state index is 5.59. The average molecular weight is 309 g/mol. The molecule has 0 heterocycles. The lowest BCUT2D eigenvalue weighted by atomic mass is 9.92. The third-order valence-electron chi connectivity index (χ3n) is 4.30. The SMILES string of the molecule is COc1cc(CN[C@@H]2CCCC[C@@H]2OC)cc(OC)c1OC. The van der Waals surface area contributed by atoms with Crippen molar-refractivity contribution in [1.29, 1.82) is 0 Å². The zero-order valence-electron chi connectivity index (χ0n) is 14.0. The molecule has 2 rings (SSSR count). The highest BCUT2D eigenvalue weighted by Crippen LogP contribution is 2.38. The molecular weight excluding hydrogens is 282 g/mol. The standard InChI is InChI=1S/C17H27NO4/c1-19-14-8-6-5-7-13(14)18-11-12-9-15(20-2)17(22-4)16(10-12)21-3/h9-10,13-14,18H,5-8,11H2,1-4H3/t13-,14+/m1/s1. The van der Waals surface area contributed by atoms with Gasteiger partial charge in [0, 0.05) is 19.7 Å². The second-order valence-corrected chi connectivity index (χ2v) is 5.58. The molecule has 1 aliphatic carbocycles. The van der Waals surface area contributed by atoms with E-state index in [1.54, 1.807) is 28.4 Å². The molecule has 5 nitrogen and oxygen atoms in total. The highest BCUT2D eigenvalue weighted by atomic mass is 16.5. The third kappa shape index (κ3) is 3.84. The van der Waals surface area contributed by atoms with Gasteiger partial charge in [-0.1, -0.05) is 12.8 Å². The number of methoxy groups -OCH3 is 4. The second-order valence-electron chi connectivity index (χ2n) is 5.58. The topological polar surface area (TPSA) is 49.0 Å². The molecule has 1 aromatic carbocycles. The molecule has 0 spiro atoms. The van der Waals surface area contributed by atoms with Gasteiger partial charge in [0.1, 0.15) is 0 Å². The highest BCUT2D eigenvalue weighted by molar-refractivity contribution is 5.53. The summed E-state index contributed by atoms with van der Waals surface area (Å²) >= 11 is 0. The first-order chi connectivity index (χ1) is 10.7. The molecule has 124 valence electrons. The van der Waals surface area contributed by atoms with Gasteiger partial charge in [-0.25, -0.2) is 0 Å². The number of nitrogens with one attached hydrogen (secondary N) is 1. The summed E-state index contributed by atoms with van der Waals surface area (Å²) in [4.78, 5) is 0. The Morgan fingerprint density at radius 1 is 0.955 bits per heavy atom. The van der Waals surface area contributed by atoms with Gasteiger partial charge in [-0.15, -0.1) is 0 Å². The van der Waals surface area contributed by atoms with Crippen LogP contribution in [0.1, 0.15) is 31.2 Å². The van der Waals surface area contributed by atoms with Crippen molar-refractivity contribution in [3.8, 4) is 17.2 Å². The van der Waals surface area contributed by atoms with E-state index in [1.807, 2.05) is 12.1 Å². The number of hydrogen-bond donors (Lipinski definition) is 1. The first-order valence-corrected chi connectivity index (χ1v) is 7.78. The van der Waals surface area contributed by atoms with Crippen molar-refractivity contribution in [2.75, 3.05) is 28.4 Å². The maximum absolute atomic E-state index is 5.59. The van der Waals surface area contributed by atoms with Crippen molar-refractivity contribution in [2.45, 2.75) is 44.4 Å².